The number of anilines is 3. The molecule has 29 heavy (non-hydrogen) atoms. The maximum atomic E-state index is 4.79. The van der Waals surface area contributed by atoms with Gasteiger partial charge in [0.2, 0.25) is 0 Å². The van der Waals surface area contributed by atoms with Crippen LogP contribution in [-0.4, -0.2) is 4.98 Å². The van der Waals surface area contributed by atoms with Crippen molar-refractivity contribution in [3.63, 3.8) is 0 Å². The molecule has 0 radical (unpaired) electrons. The minimum absolute atomic E-state index is 0.976. The molecular weight excluding hydrogens is 352 g/mol. The molecule has 0 unspecified atom stereocenters. The van der Waals surface area contributed by atoms with Gasteiger partial charge in [-0.1, -0.05) is 60.7 Å². The molecule has 0 N–H and O–H groups in total. The molecule has 0 amide bonds. The zero-order valence-corrected chi connectivity index (χ0v) is 15.8. The Morgan fingerprint density at radius 3 is 2.21 bits per heavy atom. The topological polar surface area (TPSA) is 16.1 Å². The third-order valence-corrected chi connectivity index (χ3v) is 5.61. The second-order valence-electron chi connectivity index (χ2n) is 7.31. The number of rotatable bonds is 2. The fourth-order valence-corrected chi connectivity index (χ4v) is 4.34. The van der Waals surface area contributed by atoms with Gasteiger partial charge in [-0.2, -0.15) is 0 Å². The summed E-state index contributed by atoms with van der Waals surface area (Å²) in [5.74, 6) is 0.976. The molecule has 0 atom stereocenters. The summed E-state index contributed by atoms with van der Waals surface area (Å²) in [7, 11) is 0. The van der Waals surface area contributed by atoms with E-state index >= 15 is 0 Å². The van der Waals surface area contributed by atoms with Crippen molar-refractivity contribution in [3.8, 4) is 22.3 Å². The Bertz CT molecular complexity index is 1340. The van der Waals surface area contributed by atoms with Crippen LogP contribution in [0.25, 0.3) is 33.0 Å². The number of hydrogen-bond donors (Lipinski definition) is 0. The van der Waals surface area contributed by atoms with Crippen LogP contribution in [0.2, 0.25) is 0 Å². The number of para-hydroxylation sites is 1. The van der Waals surface area contributed by atoms with Gasteiger partial charge in [0.05, 0.1) is 5.69 Å². The number of benzene rings is 4. The van der Waals surface area contributed by atoms with Crippen LogP contribution in [-0.2, 0) is 0 Å². The van der Waals surface area contributed by atoms with Gasteiger partial charge in [-0.25, -0.2) is 4.98 Å². The van der Waals surface area contributed by atoms with Crippen molar-refractivity contribution in [2.45, 2.75) is 0 Å². The molecule has 5 aromatic rings. The van der Waals surface area contributed by atoms with Crippen LogP contribution in [0, 0.1) is 0 Å². The molecule has 1 aromatic heterocycles. The fourth-order valence-electron chi connectivity index (χ4n) is 4.34. The van der Waals surface area contributed by atoms with Crippen molar-refractivity contribution in [1.29, 1.82) is 0 Å². The van der Waals surface area contributed by atoms with Crippen LogP contribution in [0.15, 0.2) is 109 Å². The van der Waals surface area contributed by atoms with Gasteiger partial charge >= 0.3 is 0 Å². The van der Waals surface area contributed by atoms with Crippen LogP contribution in [0.3, 0.4) is 0 Å². The molecule has 0 aliphatic carbocycles. The van der Waals surface area contributed by atoms with Gasteiger partial charge in [0, 0.05) is 22.8 Å². The highest BCUT2D eigenvalue weighted by molar-refractivity contribution is 6.14. The molecule has 0 spiro atoms. The monoisotopic (exact) mass is 370 g/mol. The van der Waals surface area contributed by atoms with E-state index in [-0.39, 0.29) is 0 Å². The minimum atomic E-state index is 0.976. The van der Waals surface area contributed by atoms with E-state index in [1.54, 1.807) is 0 Å². The molecule has 0 bridgehead atoms. The number of fused-ring (bicyclic) bond motifs is 2. The lowest BCUT2D eigenvalue weighted by Crippen LogP contribution is -2.16. The quantitative estimate of drug-likeness (QED) is 0.317. The highest BCUT2D eigenvalue weighted by Crippen LogP contribution is 2.50. The lowest BCUT2D eigenvalue weighted by molar-refractivity contribution is 1.18. The van der Waals surface area contributed by atoms with Gasteiger partial charge in [0.1, 0.15) is 5.82 Å². The van der Waals surface area contributed by atoms with Crippen LogP contribution in [0.5, 0.6) is 0 Å². The summed E-state index contributed by atoms with van der Waals surface area (Å²) in [6.07, 6.45) is 1.88. The van der Waals surface area contributed by atoms with E-state index in [9.17, 15) is 0 Å². The smallest absolute Gasteiger partial charge is 0.145 e. The number of hydrogen-bond acceptors (Lipinski definition) is 2. The van der Waals surface area contributed by atoms with Crippen LogP contribution < -0.4 is 4.90 Å². The van der Waals surface area contributed by atoms with E-state index in [0.29, 0.717) is 0 Å². The van der Waals surface area contributed by atoms with E-state index in [1.165, 1.54) is 33.2 Å². The molecule has 6 rings (SSSR count). The zero-order valence-electron chi connectivity index (χ0n) is 15.8. The van der Waals surface area contributed by atoms with Gasteiger partial charge < -0.3 is 0 Å². The van der Waals surface area contributed by atoms with Crippen molar-refractivity contribution in [2.24, 2.45) is 0 Å². The third kappa shape index (κ3) is 2.46. The Labute approximate surface area is 169 Å². The first kappa shape index (κ1) is 16.1. The van der Waals surface area contributed by atoms with Gasteiger partial charge in [0.15, 0.2) is 0 Å². The Morgan fingerprint density at radius 1 is 0.586 bits per heavy atom. The summed E-state index contributed by atoms with van der Waals surface area (Å²) >= 11 is 0. The SMILES string of the molecule is c1ccc(-c2cc3c4c(cccc4c2)N(c2ccccc2)c2ncccc2-3)cc1. The minimum Gasteiger partial charge on any atom is -0.294 e. The summed E-state index contributed by atoms with van der Waals surface area (Å²) in [6, 6.07) is 36.4. The van der Waals surface area contributed by atoms with Gasteiger partial charge in [-0.05, 0) is 64.5 Å². The third-order valence-electron chi connectivity index (χ3n) is 5.61. The molecule has 0 saturated carbocycles. The standard InChI is InChI=1S/C27H18N2/c1-3-9-19(10-4-1)21-17-20-11-7-15-25-26(20)24(18-21)23-14-8-16-28-27(23)29(25)22-12-5-2-6-13-22/h1-18H. The summed E-state index contributed by atoms with van der Waals surface area (Å²) in [6.45, 7) is 0. The lowest BCUT2D eigenvalue weighted by atomic mass is 9.89. The van der Waals surface area contributed by atoms with Crippen molar-refractivity contribution < 1.29 is 0 Å². The molecule has 0 saturated heterocycles. The van der Waals surface area contributed by atoms with Crippen LogP contribution >= 0.6 is 0 Å². The van der Waals surface area contributed by atoms with Crippen molar-refractivity contribution >= 4 is 28.0 Å². The highest BCUT2D eigenvalue weighted by atomic mass is 15.2. The molecule has 136 valence electrons. The first-order chi connectivity index (χ1) is 14.4. The zero-order chi connectivity index (χ0) is 19.2. The molecule has 2 heterocycles. The van der Waals surface area contributed by atoms with Gasteiger partial charge in [0.25, 0.3) is 0 Å². The van der Waals surface area contributed by atoms with E-state index in [2.05, 4.69) is 95.9 Å². The summed E-state index contributed by atoms with van der Waals surface area (Å²) in [4.78, 5) is 7.06. The number of pyridine rings is 1. The summed E-state index contributed by atoms with van der Waals surface area (Å²) in [5, 5.41) is 2.52. The molecule has 0 fully saturated rings. The highest BCUT2D eigenvalue weighted by Gasteiger charge is 2.27. The molecular formula is C27H18N2. The Balaban J connectivity index is 1.71. The Kier molecular flexibility index (Phi) is 3.50. The Morgan fingerprint density at radius 2 is 1.38 bits per heavy atom. The summed E-state index contributed by atoms with van der Waals surface area (Å²) in [5.41, 5.74) is 7.16. The molecule has 2 nitrogen and oxygen atoms in total. The van der Waals surface area contributed by atoms with Crippen molar-refractivity contribution in [2.75, 3.05) is 4.90 Å². The van der Waals surface area contributed by atoms with Gasteiger partial charge in [-0.15, -0.1) is 0 Å². The second-order valence-corrected chi connectivity index (χ2v) is 7.31. The fraction of sp³-hybridized carbons (Fsp3) is 0. The molecule has 1 aliphatic rings. The lowest BCUT2D eigenvalue weighted by Gasteiger charge is -2.32. The van der Waals surface area contributed by atoms with Crippen LogP contribution in [0.4, 0.5) is 17.2 Å². The second kappa shape index (κ2) is 6.32. The first-order valence-corrected chi connectivity index (χ1v) is 9.83. The molecule has 4 aromatic carbocycles. The predicted octanol–water partition coefficient (Wildman–Crippen LogP) is 7.35. The van der Waals surface area contributed by atoms with Crippen molar-refractivity contribution in [1.82, 2.24) is 4.98 Å². The first-order valence-electron chi connectivity index (χ1n) is 9.83. The van der Waals surface area contributed by atoms with E-state index < -0.39 is 0 Å². The van der Waals surface area contributed by atoms with E-state index in [1.807, 2.05) is 18.3 Å². The normalized spacial score (nSPS) is 12.1. The van der Waals surface area contributed by atoms with E-state index in [0.717, 1.165) is 17.1 Å². The average molecular weight is 370 g/mol. The van der Waals surface area contributed by atoms with Crippen LogP contribution in [0.1, 0.15) is 0 Å². The summed E-state index contributed by atoms with van der Waals surface area (Å²) < 4.78 is 0. The van der Waals surface area contributed by atoms with Gasteiger partial charge in [-0.3, -0.25) is 4.90 Å². The maximum Gasteiger partial charge on any atom is 0.145 e. The molecule has 2 heteroatoms. The average Bonchev–Trinajstić information content (AvgIpc) is 2.80. The number of nitrogens with zero attached hydrogens (tertiary/aromatic N) is 2. The maximum absolute atomic E-state index is 4.79. The van der Waals surface area contributed by atoms with Crippen molar-refractivity contribution in [3.05, 3.63) is 109 Å². The van der Waals surface area contributed by atoms with E-state index in [4.69, 9.17) is 4.98 Å². The largest absolute Gasteiger partial charge is 0.294 e. The molecule has 1 aliphatic heterocycles. The predicted molar refractivity (Wildman–Crippen MR) is 121 cm³/mol. The Hall–Kier alpha value is -3.91. The number of aromatic nitrogens is 1.